The van der Waals surface area contributed by atoms with Crippen LogP contribution in [-0.4, -0.2) is 29.1 Å². The molecular weight excluding hydrogens is 260 g/mol. The topological polar surface area (TPSA) is 32.3 Å². The fourth-order valence-corrected chi connectivity index (χ4v) is 5.22. The first-order valence-corrected chi connectivity index (χ1v) is 9.11. The third kappa shape index (κ3) is 2.62. The molecular formula is C18H32N2O. The fraction of sp³-hybridized carbons (Fsp3) is 0.944. The monoisotopic (exact) mass is 292 g/mol. The van der Waals surface area contributed by atoms with Crippen LogP contribution < -0.4 is 5.32 Å². The van der Waals surface area contributed by atoms with Crippen molar-refractivity contribution < 1.29 is 4.79 Å². The van der Waals surface area contributed by atoms with Gasteiger partial charge in [-0.1, -0.05) is 33.6 Å². The molecule has 1 N–H and O–H groups in total. The molecule has 0 aromatic heterocycles. The highest BCUT2D eigenvalue weighted by Gasteiger charge is 2.48. The summed E-state index contributed by atoms with van der Waals surface area (Å²) < 4.78 is 0. The van der Waals surface area contributed by atoms with Crippen LogP contribution in [0.25, 0.3) is 0 Å². The quantitative estimate of drug-likeness (QED) is 0.842. The van der Waals surface area contributed by atoms with Crippen molar-refractivity contribution in [3.05, 3.63) is 0 Å². The predicted octanol–water partition coefficient (Wildman–Crippen LogP) is 3.39. The maximum atomic E-state index is 12.9. The van der Waals surface area contributed by atoms with E-state index >= 15 is 0 Å². The first-order chi connectivity index (χ1) is 10.0. The molecule has 3 rings (SSSR count). The van der Waals surface area contributed by atoms with Crippen molar-refractivity contribution in [1.82, 2.24) is 10.2 Å². The molecule has 3 fully saturated rings. The molecule has 3 heteroatoms. The highest BCUT2D eigenvalue weighted by atomic mass is 16.2. The van der Waals surface area contributed by atoms with Crippen LogP contribution in [0.2, 0.25) is 0 Å². The molecule has 0 aromatic rings. The Morgan fingerprint density at radius 1 is 1.24 bits per heavy atom. The van der Waals surface area contributed by atoms with Gasteiger partial charge in [0.1, 0.15) is 0 Å². The lowest BCUT2D eigenvalue weighted by atomic mass is 9.83. The molecule has 0 spiro atoms. The van der Waals surface area contributed by atoms with Crippen molar-refractivity contribution >= 4 is 5.91 Å². The molecule has 0 aromatic carbocycles. The SMILES string of the molecule is CCCC1NC(C(C)C)C(=O)N1C(C)C1CC2CCC1C2. The minimum absolute atomic E-state index is 0.0302. The van der Waals surface area contributed by atoms with Gasteiger partial charge in [0.15, 0.2) is 0 Å². The van der Waals surface area contributed by atoms with Gasteiger partial charge in [-0.2, -0.15) is 0 Å². The van der Waals surface area contributed by atoms with Crippen LogP contribution in [-0.2, 0) is 4.79 Å². The van der Waals surface area contributed by atoms with Crippen molar-refractivity contribution in [2.24, 2.45) is 23.7 Å². The summed E-state index contributed by atoms with van der Waals surface area (Å²) in [7, 11) is 0. The van der Waals surface area contributed by atoms with Crippen LogP contribution in [0.5, 0.6) is 0 Å². The molecule has 0 radical (unpaired) electrons. The predicted molar refractivity (Wildman–Crippen MR) is 85.7 cm³/mol. The van der Waals surface area contributed by atoms with Crippen LogP contribution >= 0.6 is 0 Å². The Morgan fingerprint density at radius 2 is 2.00 bits per heavy atom. The number of carbonyl (C=O) groups excluding carboxylic acids is 1. The van der Waals surface area contributed by atoms with Gasteiger partial charge >= 0.3 is 0 Å². The molecule has 2 saturated carbocycles. The van der Waals surface area contributed by atoms with Crippen molar-refractivity contribution in [2.45, 2.75) is 84.5 Å². The van der Waals surface area contributed by atoms with Gasteiger partial charge in [-0.3, -0.25) is 10.1 Å². The molecule has 2 aliphatic carbocycles. The van der Waals surface area contributed by atoms with Gasteiger partial charge in [-0.05, 0) is 56.3 Å². The summed E-state index contributed by atoms with van der Waals surface area (Å²) in [4.78, 5) is 15.1. The molecule has 1 aliphatic heterocycles. The lowest BCUT2D eigenvalue weighted by Gasteiger charge is -2.37. The summed E-state index contributed by atoms with van der Waals surface area (Å²) in [6.45, 7) is 8.85. The zero-order chi connectivity index (χ0) is 15.1. The van der Waals surface area contributed by atoms with Gasteiger partial charge in [0.25, 0.3) is 0 Å². The lowest BCUT2D eigenvalue weighted by Crippen LogP contribution is -2.47. The third-order valence-electron chi connectivity index (χ3n) is 6.31. The molecule has 1 heterocycles. The Kier molecular flexibility index (Phi) is 4.31. The molecule has 2 bridgehead atoms. The van der Waals surface area contributed by atoms with E-state index in [4.69, 9.17) is 0 Å². The highest BCUT2D eigenvalue weighted by molar-refractivity contribution is 5.85. The molecule has 3 aliphatic rings. The maximum absolute atomic E-state index is 12.9. The number of fused-ring (bicyclic) bond motifs is 2. The summed E-state index contributed by atoms with van der Waals surface area (Å²) in [5, 5.41) is 3.62. The van der Waals surface area contributed by atoms with E-state index in [1.165, 1.54) is 25.7 Å². The largest absolute Gasteiger partial charge is 0.323 e. The van der Waals surface area contributed by atoms with Crippen LogP contribution in [0.4, 0.5) is 0 Å². The highest BCUT2D eigenvalue weighted by Crippen LogP contribution is 2.50. The minimum atomic E-state index is 0.0302. The van der Waals surface area contributed by atoms with Crippen LogP contribution in [0, 0.1) is 23.7 Å². The second kappa shape index (κ2) is 5.91. The van der Waals surface area contributed by atoms with Crippen molar-refractivity contribution in [1.29, 1.82) is 0 Å². The molecule has 21 heavy (non-hydrogen) atoms. The number of nitrogens with zero attached hydrogens (tertiary/aromatic N) is 1. The molecule has 6 atom stereocenters. The van der Waals surface area contributed by atoms with E-state index in [0.29, 0.717) is 17.9 Å². The van der Waals surface area contributed by atoms with Crippen LogP contribution in [0.1, 0.15) is 66.2 Å². The Labute approximate surface area is 129 Å². The maximum Gasteiger partial charge on any atom is 0.241 e. The van der Waals surface area contributed by atoms with E-state index in [1.807, 2.05) is 0 Å². The molecule has 1 saturated heterocycles. The average Bonchev–Trinajstić information content (AvgIpc) is 3.12. The summed E-state index contributed by atoms with van der Waals surface area (Å²) in [6.07, 6.45) is 8.12. The summed E-state index contributed by atoms with van der Waals surface area (Å²) in [6, 6.07) is 0.447. The second-order valence-electron chi connectivity index (χ2n) is 8.02. The van der Waals surface area contributed by atoms with E-state index in [9.17, 15) is 4.79 Å². The number of nitrogens with one attached hydrogen (secondary N) is 1. The van der Waals surface area contributed by atoms with Gasteiger partial charge in [0.05, 0.1) is 12.2 Å². The molecule has 6 unspecified atom stereocenters. The van der Waals surface area contributed by atoms with Gasteiger partial charge in [-0.15, -0.1) is 0 Å². The lowest BCUT2D eigenvalue weighted by molar-refractivity contribution is -0.134. The number of hydrogen-bond donors (Lipinski definition) is 1. The fourth-order valence-electron chi connectivity index (χ4n) is 5.22. The van der Waals surface area contributed by atoms with Gasteiger partial charge in [0, 0.05) is 6.04 Å². The zero-order valence-electron chi connectivity index (χ0n) is 14.1. The summed E-state index contributed by atoms with van der Waals surface area (Å²) in [5.41, 5.74) is 0. The van der Waals surface area contributed by atoms with E-state index in [0.717, 1.165) is 30.6 Å². The normalized spacial score (nSPS) is 40.5. The molecule has 3 nitrogen and oxygen atoms in total. The molecule has 1 amide bonds. The van der Waals surface area contributed by atoms with Gasteiger partial charge in [0.2, 0.25) is 5.91 Å². The number of hydrogen-bond acceptors (Lipinski definition) is 2. The first kappa shape index (κ1) is 15.3. The van der Waals surface area contributed by atoms with Crippen LogP contribution in [0.3, 0.4) is 0 Å². The first-order valence-electron chi connectivity index (χ1n) is 9.11. The molecule has 120 valence electrons. The number of rotatable bonds is 5. The van der Waals surface area contributed by atoms with E-state index < -0.39 is 0 Å². The minimum Gasteiger partial charge on any atom is -0.323 e. The van der Waals surface area contributed by atoms with Crippen molar-refractivity contribution in [3.63, 3.8) is 0 Å². The van der Waals surface area contributed by atoms with E-state index in [-0.39, 0.29) is 12.2 Å². The van der Waals surface area contributed by atoms with Crippen molar-refractivity contribution in [3.8, 4) is 0 Å². The van der Waals surface area contributed by atoms with Gasteiger partial charge in [-0.25, -0.2) is 0 Å². The zero-order valence-corrected chi connectivity index (χ0v) is 14.1. The van der Waals surface area contributed by atoms with E-state index in [2.05, 4.69) is 37.9 Å². The third-order valence-corrected chi connectivity index (χ3v) is 6.31. The Bertz CT molecular complexity index is 395. The summed E-state index contributed by atoms with van der Waals surface area (Å²) in [5.74, 6) is 3.34. The Morgan fingerprint density at radius 3 is 2.52 bits per heavy atom. The van der Waals surface area contributed by atoms with Gasteiger partial charge < -0.3 is 4.90 Å². The number of carbonyl (C=O) groups is 1. The summed E-state index contributed by atoms with van der Waals surface area (Å²) >= 11 is 0. The number of amides is 1. The second-order valence-corrected chi connectivity index (χ2v) is 8.02. The van der Waals surface area contributed by atoms with Crippen molar-refractivity contribution in [2.75, 3.05) is 0 Å². The van der Waals surface area contributed by atoms with E-state index in [1.54, 1.807) is 0 Å². The average molecular weight is 292 g/mol. The smallest absolute Gasteiger partial charge is 0.241 e. The Hall–Kier alpha value is -0.570. The standard InChI is InChI=1S/C18H32N2O/c1-5-6-16-19-17(11(2)3)18(21)20(16)12(4)15-10-13-7-8-14(15)9-13/h11-17,19H,5-10H2,1-4H3. The Balaban J connectivity index is 1.75. The van der Waals surface area contributed by atoms with Crippen LogP contribution in [0.15, 0.2) is 0 Å².